The summed E-state index contributed by atoms with van der Waals surface area (Å²) in [4.78, 5) is 0. The predicted octanol–water partition coefficient (Wildman–Crippen LogP) is 6.61. The van der Waals surface area contributed by atoms with E-state index >= 15 is 0 Å². The van der Waals surface area contributed by atoms with Crippen molar-refractivity contribution >= 4 is 21.6 Å². The molecular weight excluding hydrogens is 388 g/mol. The van der Waals surface area contributed by atoms with Crippen LogP contribution in [0.15, 0.2) is 58.1 Å². The molecule has 0 amide bonds. The summed E-state index contributed by atoms with van der Waals surface area (Å²) in [5.74, 6) is 0.990. The maximum Gasteiger partial charge on any atom is 0.213 e. The number of rotatable bonds is 6. The van der Waals surface area contributed by atoms with Crippen LogP contribution in [0.5, 0.6) is 5.75 Å². The predicted molar refractivity (Wildman–Crippen MR) is 109 cm³/mol. The fourth-order valence-electron chi connectivity index (χ4n) is 3.85. The number of benzene rings is 2. The molecule has 0 spiro atoms. The summed E-state index contributed by atoms with van der Waals surface area (Å²) in [6, 6.07) is 17.1. The second-order valence-corrected chi connectivity index (χ2v) is 8.05. The SMILES string of the molecule is CCCCCCC1=NN2[C@@H](c3ccc(Br)cc3)Oc3ccccc3[C@@H]2C1. The lowest BCUT2D eigenvalue weighted by Crippen LogP contribution is -2.33. The zero-order chi connectivity index (χ0) is 17.9. The molecular formula is C22H25BrN2O. The number of fused-ring (bicyclic) bond motifs is 3. The Hall–Kier alpha value is -1.81. The summed E-state index contributed by atoms with van der Waals surface area (Å²) in [5.41, 5.74) is 3.71. The van der Waals surface area contributed by atoms with Crippen molar-refractivity contribution in [2.45, 2.75) is 57.7 Å². The summed E-state index contributed by atoms with van der Waals surface area (Å²) in [6.07, 6.45) is 7.07. The molecule has 3 nitrogen and oxygen atoms in total. The molecule has 0 fully saturated rings. The van der Waals surface area contributed by atoms with E-state index in [0.29, 0.717) is 0 Å². The Morgan fingerprint density at radius 3 is 2.69 bits per heavy atom. The number of unbranched alkanes of at least 4 members (excludes halogenated alkanes) is 3. The molecule has 2 aliphatic heterocycles. The molecule has 2 heterocycles. The van der Waals surface area contributed by atoms with Gasteiger partial charge in [0.2, 0.25) is 6.23 Å². The number of halogens is 1. The van der Waals surface area contributed by atoms with Crippen molar-refractivity contribution < 1.29 is 4.74 Å². The van der Waals surface area contributed by atoms with Gasteiger partial charge in [-0.25, -0.2) is 5.01 Å². The van der Waals surface area contributed by atoms with E-state index in [0.717, 1.165) is 28.6 Å². The van der Waals surface area contributed by atoms with Crippen molar-refractivity contribution in [2.75, 3.05) is 0 Å². The first-order valence-corrected chi connectivity index (χ1v) is 10.4. The van der Waals surface area contributed by atoms with Crippen molar-refractivity contribution in [3.63, 3.8) is 0 Å². The van der Waals surface area contributed by atoms with Gasteiger partial charge in [0.15, 0.2) is 0 Å². The van der Waals surface area contributed by atoms with E-state index in [-0.39, 0.29) is 12.3 Å². The van der Waals surface area contributed by atoms with Gasteiger partial charge in [0.25, 0.3) is 0 Å². The molecule has 2 aliphatic rings. The molecule has 2 aromatic carbocycles. The topological polar surface area (TPSA) is 24.8 Å². The fraction of sp³-hybridized carbons (Fsp3) is 0.409. The standard InChI is InChI=1S/C22H25BrN2O/c1-2-3-4-5-8-18-15-20-19-9-6-7-10-21(19)26-22(25(20)24-18)16-11-13-17(23)14-12-16/h6-7,9-14,20,22H,2-5,8,15H2,1H3/t20-,22+/m0/s1. The summed E-state index contributed by atoms with van der Waals surface area (Å²) in [5, 5.41) is 7.18. The Morgan fingerprint density at radius 1 is 1.08 bits per heavy atom. The molecule has 4 rings (SSSR count). The van der Waals surface area contributed by atoms with Gasteiger partial charge in [-0.3, -0.25) is 0 Å². The van der Waals surface area contributed by atoms with Crippen molar-refractivity contribution in [3.8, 4) is 5.75 Å². The minimum Gasteiger partial charge on any atom is -0.464 e. The largest absolute Gasteiger partial charge is 0.464 e. The molecule has 2 aromatic rings. The Kier molecular flexibility index (Phi) is 5.30. The maximum absolute atomic E-state index is 6.37. The summed E-state index contributed by atoms with van der Waals surface area (Å²) in [7, 11) is 0. The number of hydrogen-bond acceptors (Lipinski definition) is 3. The molecule has 0 radical (unpaired) electrons. The normalized spacial score (nSPS) is 21.0. The van der Waals surface area contributed by atoms with Gasteiger partial charge in [0.05, 0.1) is 6.04 Å². The molecule has 0 saturated heterocycles. The monoisotopic (exact) mass is 412 g/mol. The van der Waals surface area contributed by atoms with E-state index in [4.69, 9.17) is 9.84 Å². The zero-order valence-electron chi connectivity index (χ0n) is 15.2. The highest BCUT2D eigenvalue weighted by Crippen LogP contribution is 2.47. The van der Waals surface area contributed by atoms with Crippen molar-refractivity contribution in [2.24, 2.45) is 5.10 Å². The molecule has 0 N–H and O–H groups in total. The van der Waals surface area contributed by atoms with Gasteiger partial charge >= 0.3 is 0 Å². The molecule has 4 heteroatoms. The minimum atomic E-state index is -0.156. The lowest BCUT2D eigenvalue weighted by molar-refractivity contribution is -0.0190. The second kappa shape index (κ2) is 7.83. The quantitative estimate of drug-likeness (QED) is 0.498. The van der Waals surface area contributed by atoms with E-state index in [1.165, 1.54) is 37.0 Å². The van der Waals surface area contributed by atoms with E-state index < -0.39 is 0 Å². The molecule has 0 bridgehead atoms. The summed E-state index contributed by atoms with van der Waals surface area (Å²) in [6.45, 7) is 2.25. The smallest absolute Gasteiger partial charge is 0.213 e. The van der Waals surface area contributed by atoms with E-state index in [9.17, 15) is 0 Å². The number of nitrogens with zero attached hydrogens (tertiary/aromatic N) is 2. The van der Waals surface area contributed by atoms with Gasteiger partial charge in [-0.05, 0) is 31.0 Å². The highest BCUT2D eigenvalue weighted by Gasteiger charge is 2.40. The number of para-hydroxylation sites is 1. The fourth-order valence-corrected chi connectivity index (χ4v) is 4.12. The highest BCUT2D eigenvalue weighted by molar-refractivity contribution is 9.10. The van der Waals surface area contributed by atoms with E-state index in [1.54, 1.807) is 0 Å². The van der Waals surface area contributed by atoms with Crippen LogP contribution in [0.1, 0.15) is 68.8 Å². The van der Waals surface area contributed by atoms with Crippen LogP contribution in [0, 0.1) is 0 Å². The Morgan fingerprint density at radius 2 is 1.88 bits per heavy atom. The van der Waals surface area contributed by atoms with Gasteiger partial charge in [0.1, 0.15) is 5.75 Å². The molecule has 0 saturated carbocycles. The molecule has 136 valence electrons. The lowest BCUT2D eigenvalue weighted by atomic mass is 9.96. The first-order chi connectivity index (χ1) is 12.8. The third-order valence-corrected chi connectivity index (χ3v) is 5.76. The second-order valence-electron chi connectivity index (χ2n) is 7.14. The molecule has 2 atom stereocenters. The highest BCUT2D eigenvalue weighted by atomic mass is 79.9. The third-order valence-electron chi connectivity index (χ3n) is 5.24. The van der Waals surface area contributed by atoms with Crippen molar-refractivity contribution in [1.82, 2.24) is 5.01 Å². The van der Waals surface area contributed by atoms with Gasteiger partial charge in [0, 0.05) is 27.7 Å². The van der Waals surface area contributed by atoms with Crippen LogP contribution in [0.25, 0.3) is 0 Å². The molecule has 26 heavy (non-hydrogen) atoms. The van der Waals surface area contributed by atoms with Gasteiger partial charge in [-0.1, -0.05) is 72.4 Å². The van der Waals surface area contributed by atoms with Crippen LogP contribution in [0.4, 0.5) is 0 Å². The maximum atomic E-state index is 6.37. The van der Waals surface area contributed by atoms with Crippen LogP contribution >= 0.6 is 15.9 Å². The number of hydrazone groups is 1. The van der Waals surface area contributed by atoms with Crippen molar-refractivity contribution in [3.05, 3.63) is 64.1 Å². The first-order valence-electron chi connectivity index (χ1n) is 9.62. The number of hydrogen-bond donors (Lipinski definition) is 0. The van der Waals surface area contributed by atoms with Crippen LogP contribution in [-0.2, 0) is 0 Å². The Bertz CT molecular complexity index is 787. The summed E-state index contributed by atoms with van der Waals surface area (Å²) < 4.78 is 7.45. The van der Waals surface area contributed by atoms with Crippen LogP contribution in [0.2, 0.25) is 0 Å². The van der Waals surface area contributed by atoms with E-state index in [2.05, 4.69) is 76.4 Å². The van der Waals surface area contributed by atoms with Crippen LogP contribution < -0.4 is 4.74 Å². The molecule has 0 aromatic heterocycles. The van der Waals surface area contributed by atoms with Crippen molar-refractivity contribution in [1.29, 1.82) is 0 Å². The third kappa shape index (κ3) is 3.52. The van der Waals surface area contributed by atoms with Gasteiger partial charge in [-0.2, -0.15) is 5.10 Å². The molecule has 0 aliphatic carbocycles. The Labute approximate surface area is 164 Å². The summed E-state index contributed by atoms with van der Waals surface area (Å²) >= 11 is 3.52. The van der Waals surface area contributed by atoms with Crippen LogP contribution in [0.3, 0.4) is 0 Å². The average Bonchev–Trinajstić information content (AvgIpc) is 3.10. The number of ether oxygens (including phenoxy) is 1. The Balaban J connectivity index is 1.60. The van der Waals surface area contributed by atoms with Gasteiger partial charge in [-0.15, -0.1) is 0 Å². The first kappa shape index (κ1) is 17.6. The minimum absolute atomic E-state index is 0.156. The molecule has 0 unspecified atom stereocenters. The average molecular weight is 413 g/mol. The lowest BCUT2D eigenvalue weighted by Gasteiger charge is -2.38. The van der Waals surface area contributed by atoms with E-state index in [1.807, 2.05) is 0 Å². The van der Waals surface area contributed by atoms with Gasteiger partial charge < -0.3 is 4.74 Å². The van der Waals surface area contributed by atoms with Crippen LogP contribution in [-0.4, -0.2) is 10.7 Å². The zero-order valence-corrected chi connectivity index (χ0v) is 16.8.